The Bertz CT molecular complexity index is 902. The Hall–Kier alpha value is -2.75. The van der Waals surface area contributed by atoms with Gasteiger partial charge in [-0.2, -0.15) is 0 Å². The highest BCUT2D eigenvalue weighted by molar-refractivity contribution is 6.03. The van der Waals surface area contributed by atoms with Crippen LogP contribution in [0.4, 0.5) is 11.4 Å². The van der Waals surface area contributed by atoms with Crippen LogP contribution in [0.2, 0.25) is 0 Å². The van der Waals surface area contributed by atoms with E-state index < -0.39 is 0 Å². The second kappa shape index (κ2) is 8.09. The van der Waals surface area contributed by atoms with Gasteiger partial charge in [-0.1, -0.05) is 45.0 Å². The molecule has 1 aliphatic heterocycles. The second-order valence-corrected chi connectivity index (χ2v) is 8.09. The lowest BCUT2D eigenvalue weighted by Crippen LogP contribution is -2.36. The van der Waals surface area contributed by atoms with Gasteiger partial charge in [0.25, 0.3) is 0 Å². The van der Waals surface area contributed by atoms with Crippen molar-refractivity contribution < 1.29 is 4.74 Å². The van der Waals surface area contributed by atoms with E-state index in [0.717, 1.165) is 41.7 Å². The maximum atomic E-state index is 5.53. The fourth-order valence-corrected chi connectivity index (χ4v) is 3.45. The minimum absolute atomic E-state index is 0.0212. The Morgan fingerprint density at radius 1 is 1.04 bits per heavy atom. The van der Waals surface area contributed by atoms with Crippen LogP contribution in [-0.2, 0) is 0 Å². The molecule has 1 aliphatic rings. The second-order valence-electron chi connectivity index (χ2n) is 8.09. The number of aliphatic imine (C=N–C) groups is 1. The zero-order valence-corrected chi connectivity index (χ0v) is 17.8. The van der Waals surface area contributed by atoms with Crippen molar-refractivity contribution in [2.24, 2.45) is 10.4 Å². The summed E-state index contributed by atoms with van der Waals surface area (Å²) in [4.78, 5) is 7.27. The van der Waals surface area contributed by atoms with Crippen LogP contribution in [-0.4, -0.2) is 31.1 Å². The number of anilines is 1. The van der Waals surface area contributed by atoms with Gasteiger partial charge in [-0.05, 0) is 49.1 Å². The number of ether oxygens (including phenoxy) is 1. The van der Waals surface area contributed by atoms with Crippen LogP contribution in [0, 0.1) is 5.41 Å². The quantitative estimate of drug-likeness (QED) is 0.720. The van der Waals surface area contributed by atoms with E-state index in [-0.39, 0.29) is 5.41 Å². The highest BCUT2D eigenvalue weighted by atomic mass is 16.5. The lowest BCUT2D eigenvalue weighted by Gasteiger charge is -2.28. The van der Waals surface area contributed by atoms with Gasteiger partial charge in [0.05, 0.1) is 12.8 Å². The van der Waals surface area contributed by atoms with Crippen molar-refractivity contribution in [1.29, 1.82) is 0 Å². The summed E-state index contributed by atoms with van der Waals surface area (Å²) in [5.41, 5.74) is 5.47. The molecule has 28 heavy (non-hydrogen) atoms. The number of methoxy groups -OCH3 is 1. The molecule has 2 aromatic carbocycles. The average Bonchev–Trinajstić information content (AvgIpc) is 2.66. The Morgan fingerprint density at radius 3 is 2.39 bits per heavy atom. The number of para-hydroxylation sites is 1. The van der Waals surface area contributed by atoms with Crippen LogP contribution in [0.1, 0.15) is 45.7 Å². The Kier molecular flexibility index (Phi) is 5.78. The number of hydrogen-bond donors (Lipinski definition) is 1. The van der Waals surface area contributed by atoms with Crippen LogP contribution < -0.4 is 10.1 Å². The van der Waals surface area contributed by atoms with Gasteiger partial charge in [0.1, 0.15) is 5.75 Å². The number of hydrogen-bond acceptors (Lipinski definition) is 4. The van der Waals surface area contributed by atoms with Gasteiger partial charge in [0.2, 0.25) is 5.96 Å². The highest BCUT2D eigenvalue weighted by Crippen LogP contribution is 2.40. The van der Waals surface area contributed by atoms with Crippen LogP contribution >= 0.6 is 0 Å². The molecular weight excluding hydrogens is 346 g/mol. The fraction of sp³-hybridized carbons (Fsp3) is 0.375. The zero-order chi connectivity index (χ0) is 20.3. The number of fused-ring (bicyclic) bond motifs is 2. The number of nitrogens with one attached hydrogen (secondary N) is 1. The molecule has 148 valence electrons. The minimum atomic E-state index is 0.0212. The highest BCUT2D eigenvalue weighted by Gasteiger charge is 2.22. The maximum Gasteiger partial charge on any atom is 0.203 e. The predicted molar refractivity (Wildman–Crippen MR) is 120 cm³/mol. The van der Waals surface area contributed by atoms with E-state index in [1.807, 2.05) is 12.1 Å². The monoisotopic (exact) mass is 377 g/mol. The third-order valence-corrected chi connectivity index (χ3v) is 4.82. The summed E-state index contributed by atoms with van der Waals surface area (Å²) in [6.45, 7) is 12.7. The van der Waals surface area contributed by atoms with E-state index in [1.165, 1.54) is 11.1 Å². The first-order chi connectivity index (χ1) is 13.4. The number of rotatable bonds is 3. The molecule has 0 bridgehead atoms. The van der Waals surface area contributed by atoms with Crippen molar-refractivity contribution in [2.75, 3.05) is 25.5 Å². The number of nitrogens with zero attached hydrogens (tertiary/aromatic N) is 2. The number of allylic oxidation sites excluding steroid dienone is 1. The summed E-state index contributed by atoms with van der Waals surface area (Å²) in [6, 6.07) is 14.6. The van der Waals surface area contributed by atoms with Gasteiger partial charge in [0.15, 0.2) is 0 Å². The van der Waals surface area contributed by atoms with E-state index in [4.69, 9.17) is 9.73 Å². The molecule has 0 fully saturated rings. The van der Waals surface area contributed by atoms with Crippen LogP contribution in [0.15, 0.2) is 53.5 Å². The molecule has 4 nitrogen and oxygen atoms in total. The first-order valence-electron chi connectivity index (χ1n) is 9.97. The smallest absolute Gasteiger partial charge is 0.203 e. The predicted octanol–water partition coefficient (Wildman–Crippen LogP) is 5.93. The summed E-state index contributed by atoms with van der Waals surface area (Å²) in [5.74, 6) is 1.71. The molecule has 4 heteroatoms. The van der Waals surface area contributed by atoms with E-state index in [9.17, 15) is 0 Å². The molecular formula is C24H31N3O. The van der Waals surface area contributed by atoms with Crippen LogP contribution in [0.3, 0.4) is 0 Å². The molecule has 0 aliphatic carbocycles. The van der Waals surface area contributed by atoms with E-state index >= 15 is 0 Å². The summed E-state index contributed by atoms with van der Waals surface area (Å²) >= 11 is 0. The van der Waals surface area contributed by atoms with Crippen molar-refractivity contribution in [3.8, 4) is 5.75 Å². The first-order valence-corrected chi connectivity index (χ1v) is 9.97. The summed E-state index contributed by atoms with van der Waals surface area (Å²) < 4.78 is 5.53. The van der Waals surface area contributed by atoms with Gasteiger partial charge in [-0.15, -0.1) is 0 Å². The van der Waals surface area contributed by atoms with Crippen molar-refractivity contribution in [2.45, 2.75) is 34.6 Å². The van der Waals surface area contributed by atoms with Gasteiger partial charge < -0.3 is 15.0 Å². The summed E-state index contributed by atoms with van der Waals surface area (Å²) in [7, 11) is 1.71. The van der Waals surface area contributed by atoms with Crippen LogP contribution in [0.25, 0.3) is 5.57 Å². The average molecular weight is 378 g/mol. The molecule has 0 radical (unpaired) electrons. The van der Waals surface area contributed by atoms with E-state index in [2.05, 4.69) is 81.2 Å². The first kappa shape index (κ1) is 20.0. The van der Waals surface area contributed by atoms with Crippen molar-refractivity contribution >= 4 is 22.9 Å². The molecule has 2 aromatic rings. The summed E-state index contributed by atoms with van der Waals surface area (Å²) in [5, 5.41) is 3.59. The van der Waals surface area contributed by atoms with Gasteiger partial charge in [-0.25, -0.2) is 4.99 Å². The molecule has 3 rings (SSSR count). The standard InChI is InChI=1S/C24H31N3O/c1-7-27(8-2)23-25-21-12-10-9-11-18(21)20(16-24(3,4)5)19-15-17(28-6)13-14-22(19)26-23/h9-16H,7-8H2,1-6H3,(H,25,26)/b20-16+. The molecule has 0 aromatic heterocycles. The van der Waals surface area contributed by atoms with Crippen LogP contribution in [0.5, 0.6) is 5.75 Å². The molecule has 1 N–H and O–H groups in total. The third kappa shape index (κ3) is 4.22. The summed E-state index contributed by atoms with van der Waals surface area (Å²) in [6.07, 6.45) is 2.32. The van der Waals surface area contributed by atoms with Gasteiger partial charge in [-0.3, -0.25) is 0 Å². The molecule has 0 saturated heterocycles. The van der Waals surface area contributed by atoms with E-state index in [0.29, 0.717) is 0 Å². The number of benzene rings is 2. The lowest BCUT2D eigenvalue weighted by molar-refractivity contribution is 0.414. The molecule has 0 spiro atoms. The molecule has 0 atom stereocenters. The lowest BCUT2D eigenvalue weighted by atomic mass is 9.86. The SMILES string of the molecule is CCN(CC)C1=Nc2ccc(OC)cc2/C(=C/C(C)(C)C)c2ccccc2N1. The van der Waals surface area contributed by atoms with Gasteiger partial charge >= 0.3 is 0 Å². The molecule has 0 amide bonds. The van der Waals surface area contributed by atoms with Crippen molar-refractivity contribution in [1.82, 2.24) is 4.90 Å². The largest absolute Gasteiger partial charge is 0.497 e. The maximum absolute atomic E-state index is 5.53. The molecule has 0 unspecified atom stereocenters. The normalized spacial score (nSPS) is 14.9. The minimum Gasteiger partial charge on any atom is -0.497 e. The van der Waals surface area contributed by atoms with Gasteiger partial charge in [0, 0.05) is 29.9 Å². The van der Waals surface area contributed by atoms with Crippen molar-refractivity contribution in [3.63, 3.8) is 0 Å². The Balaban J connectivity index is 2.34. The Morgan fingerprint density at radius 2 is 1.75 bits per heavy atom. The topological polar surface area (TPSA) is 36.9 Å². The zero-order valence-electron chi connectivity index (χ0n) is 17.8. The number of guanidine groups is 1. The molecule has 1 heterocycles. The van der Waals surface area contributed by atoms with E-state index in [1.54, 1.807) is 7.11 Å². The fourth-order valence-electron chi connectivity index (χ4n) is 3.45. The molecule has 0 saturated carbocycles. The van der Waals surface area contributed by atoms with Crippen molar-refractivity contribution in [3.05, 3.63) is 59.7 Å². The third-order valence-electron chi connectivity index (χ3n) is 4.82. The Labute approximate surface area is 168 Å².